The van der Waals surface area contributed by atoms with Crippen molar-refractivity contribution >= 4 is 32.4 Å². The van der Waals surface area contributed by atoms with Crippen LogP contribution in [0.15, 0.2) is 59.1 Å². The van der Waals surface area contributed by atoms with Crippen molar-refractivity contribution in [2.45, 2.75) is 11.3 Å². The fraction of sp³-hybridized carbons (Fsp3) is 0.286. The van der Waals surface area contributed by atoms with Crippen molar-refractivity contribution < 1.29 is 22.3 Å². The summed E-state index contributed by atoms with van der Waals surface area (Å²) in [5.41, 5.74) is 1.12. The number of pyridine rings is 1. The highest BCUT2D eigenvalue weighted by Crippen LogP contribution is 2.20. The van der Waals surface area contributed by atoms with Crippen LogP contribution in [0.1, 0.15) is 16.1 Å². The molecule has 1 unspecified atom stereocenters. The van der Waals surface area contributed by atoms with Gasteiger partial charge < -0.3 is 9.64 Å². The number of carbonyl (C=O) groups excluding carboxylic acids is 1. The Morgan fingerprint density at radius 1 is 1.22 bits per heavy atom. The molecule has 0 bridgehead atoms. The first-order chi connectivity index (χ1) is 15.4. The van der Waals surface area contributed by atoms with Crippen LogP contribution >= 0.6 is 11.3 Å². The monoisotopic (exact) mass is 476 g/mol. The fourth-order valence-electron chi connectivity index (χ4n) is 3.42. The van der Waals surface area contributed by atoms with E-state index in [9.17, 15) is 17.6 Å². The van der Waals surface area contributed by atoms with Crippen molar-refractivity contribution in [3.63, 3.8) is 0 Å². The minimum absolute atomic E-state index is 0.0153. The molecule has 1 N–H and O–H groups in total. The van der Waals surface area contributed by atoms with Gasteiger partial charge in [0, 0.05) is 41.8 Å². The number of aromatic nitrogens is 2. The Morgan fingerprint density at radius 3 is 2.72 bits per heavy atom. The smallest absolute Gasteiger partial charge is 0.263 e. The molecule has 0 radical (unpaired) electrons. The lowest BCUT2D eigenvalue weighted by molar-refractivity contribution is 0.0737. The fourth-order valence-corrected chi connectivity index (χ4v) is 5.21. The standard InChI is InChI=1S/C21H21FN4O4S2/c22-17-3-4-18(24-12-17)11-15-13-26(8-9-30-14-15)20(27)16-1-5-19(6-2-16)32(28,29)25-21-23-7-10-31-21/h1-7,10,12,15H,8-9,11,13-14H2,(H,23,25). The summed E-state index contributed by atoms with van der Waals surface area (Å²) in [6, 6.07) is 8.80. The van der Waals surface area contributed by atoms with Gasteiger partial charge in [-0.3, -0.25) is 14.5 Å². The number of nitrogens with one attached hydrogen (secondary N) is 1. The third-order valence-corrected chi connectivity index (χ3v) is 7.15. The van der Waals surface area contributed by atoms with Crippen molar-refractivity contribution in [2.75, 3.05) is 31.0 Å². The number of hydrogen-bond donors (Lipinski definition) is 1. The van der Waals surface area contributed by atoms with Crippen LogP contribution in [0.4, 0.5) is 9.52 Å². The molecule has 0 aliphatic carbocycles. The zero-order valence-corrected chi connectivity index (χ0v) is 18.6. The van der Waals surface area contributed by atoms with E-state index in [1.165, 1.54) is 54.1 Å². The van der Waals surface area contributed by atoms with E-state index >= 15 is 0 Å². The van der Waals surface area contributed by atoms with Gasteiger partial charge in [-0.05, 0) is 42.8 Å². The molecule has 3 heterocycles. The second kappa shape index (κ2) is 9.72. The Kier molecular flexibility index (Phi) is 6.77. The summed E-state index contributed by atoms with van der Waals surface area (Å²) in [5.74, 6) is -0.582. The number of hydrogen-bond acceptors (Lipinski definition) is 7. The summed E-state index contributed by atoms with van der Waals surface area (Å²) in [4.78, 5) is 22.8. The van der Waals surface area contributed by atoms with Crippen molar-refractivity contribution in [2.24, 2.45) is 5.92 Å². The Balaban J connectivity index is 1.43. The van der Waals surface area contributed by atoms with E-state index in [-0.39, 0.29) is 21.9 Å². The molecule has 1 fully saturated rings. The Bertz CT molecular complexity index is 1150. The summed E-state index contributed by atoms with van der Waals surface area (Å²) in [6.07, 6.45) is 3.24. The first kappa shape index (κ1) is 22.3. The molecule has 8 nitrogen and oxygen atoms in total. The number of thiazole rings is 1. The average Bonchev–Trinajstić information content (AvgIpc) is 3.17. The molecule has 1 aromatic carbocycles. The van der Waals surface area contributed by atoms with E-state index in [4.69, 9.17) is 4.74 Å². The van der Waals surface area contributed by atoms with Crippen LogP contribution < -0.4 is 4.72 Å². The second-order valence-electron chi connectivity index (χ2n) is 7.33. The molecule has 0 spiro atoms. The SMILES string of the molecule is O=C(c1ccc(S(=O)(=O)Nc2nccs2)cc1)N1CCOCC(Cc2ccc(F)cn2)C1. The molecule has 3 aromatic rings. The quantitative estimate of drug-likeness (QED) is 0.587. The summed E-state index contributed by atoms with van der Waals surface area (Å²) < 4.78 is 46.1. The summed E-state index contributed by atoms with van der Waals surface area (Å²) in [6.45, 7) is 1.77. The van der Waals surface area contributed by atoms with Gasteiger partial charge in [0.25, 0.3) is 15.9 Å². The highest BCUT2D eigenvalue weighted by molar-refractivity contribution is 7.93. The molecular weight excluding hydrogens is 455 g/mol. The van der Waals surface area contributed by atoms with E-state index in [2.05, 4.69) is 14.7 Å². The highest BCUT2D eigenvalue weighted by Gasteiger charge is 2.25. The number of amides is 1. The Morgan fingerprint density at radius 2 is 2.03 bits per heavy atom. The lowest BCUT2D eigenvalue weighted by atomic mass is 10.0. The molecular formula is C21H21FN4O4S2. The van der Waals surface area contributed by atoms with Gasteiger partial charge in [0.15, 0.2) is 5.13 Å². The molecule has 32 heavy (non-hydrogen) atoms. The van der Waals surface area contributed by atoms with Crippen LogP contribution in [0.3, 0.4) is 0 Å². The van der Waals surface area contributed by atoms with Crippen LogP contribution in [0.25, 0.3) is 0 Å². The molecule has 1 amide bonds. The minimum atomic E-state index is -3.78. The number of ether oxygens (including phenoxy) is 1. The molecule has 1 aliphatic heterocycles. The van der Waals surface area contributed by atoms with E-state index in [0.29, 0.717) is 38.3 Å². The van der Waals surface area contributed by atoms with Crippen molar-refractivity contribution in [1.29, 1.82) is 0 Å². The number of carbonyl (C=O) groups is 1. The van der Waals surface area contributed by atoms with Crippen molar-refractivity contribution in [3.05, 3.63) is 71.2 Å². The molecule has 0 saturated carbocycles. The number of anilines is 1. The third-order valence-electron chi connectivity index (χ3n) is 4.98. The summed E-state index contributed by atoms with van der Waals surface area (Å²) in [5, 5.41) is 1.95. The number of halogens is 1. The first-order valence-electron chi connectivity index (χ1n) is 9.90. The molecule has 4 rings (SSSR count). The van der Waals surface area contributed by atoms with Crippen molar-refractivity contribution in [3.8, 4) is 0 Å². The summed E-state index contributed by atoms with van der Waals surface area (Å²) >= 11 is 1.18. The predicted molar refractivity (Wildman–Crippen MR) is 117 cm³/mol. The Labute approximate surface area is 189 Å². The van der Waals surface area contributed by atoms with Gasteiger partial charge in [0.2, 0.25) is 0 Å². The zero-order chi connectivity index (χ0) is 22.6. The predicted octanol–water partition coefficient (Wildman–Crippen LogP) is 2.81. The maximum absolute atomic E-state index is 13.1. The first-order valence-corrected chi connectivity index (χ1v) is 12.3. The molecule has 1 saturated heterocycles. The van der Waals surface area contributed by atoms with Crippen LogP contribution in [0.2, 0.25) is 0 Å². The number of sulfonamides is 1. The van der Waals surface area contributed by atoms with Crippen LogP contribution in [-0.4, -0.2) is 55.5 Å². The van der Waals surface area contributed by atoms with Gasteiger partial charge in [-0.1, -0.05) is 0 Å². The molecule has 1 aliphatic rings. The van der Waals surface area contributed by atoms with Crippen LogP contribution in [0.5, 0.6) is 0 Å². The molecule has 1 atom stereocenters. The van der Waals surface area contributed by atoms with Gasteiger partial charge in [-0.15, -0.1) is 11.3 Å². The maximum Gasteiger partial charge on any atom is 0.263 e. The molecule has 11 heteroatoms. The van der Waals surface area contributed by atoms with Gasteiger partial charge in [-0.25, -0.2) is 17.8 Å². The molecule has 168 valence electrons. The lowest BCUT2D eigenvalue weighted by Gasteiger charge is -2.23. The van der Waals surface area contributed by atoms with Gasteiger partial charge in [0.05, 0.1) is 24.3 Å². The maximum atomic E-state index is 13.1. The summed E-state index contributed by atoms with van der Waals surface area (Å²) in [7, 11) is -3.78. The van der Waals surface area contributed by atoms with Gasteiger partial charge >= 0.3 is 0 Å². The topological polar surface area (TPSA) is 101 Å². The van der Waals surface area contributed by atoms with E-state index < -0.39 is 15.8 Å². The zero-order valence-electron chi connectivity index (χ0n) is 17.0. The second-order valence-corrected chi connectivity index (χ2v) is 9.91. The van der Waals surface area contributed by atoms with Crippen molar-refractivity contribution in [1.82, 2.24) is 14.9 Å². The van der Waals surface area contributed by atoms with E-state index in [1.54, 1.807) is 16.3 Å². The minimum Gasteiger partial charge on any atom is -0.379 e. The van der Waals surface area contributed by atoms with Gasteiger partial charge in [-0.2, -0.15) is 0 Å². The molecule has 2 aromatic heterocycles. The van der Waals surface area contributed by atoms with Crippen LogP contribution in [0, 0.1) is 11.7 Å². The van der Waals surface area contributed by atoms with E-state index in [1.807, 2.05) is 0 Å². The van der Waals surface area contributed by atoms with E-state index in [0.717, 1.165) is 5.69 Å². The Hall–Kier alpha value is -2.89. The average molecular weight is 477 g/mol. The highest BCUT2D eigenvalue weighted by atomic mass is 32.2. The number of nitrogens with zero attached hydrogens (tertiary/aromatic N) is 3. The normalized spacial score (nSPS) is 17.0. The number of rotatable bonds is 6. The van der Waals surface area contributed by atoms with Gasteiger partial charge in [0.1, 0.15) is 5.82 Å². The number of benzene rings is 1. The third kappa shape index (κ3) is 5.47. The largest absolute Gasteiger partial charge is 0.379 e. The lowest BCUT2D eigenvalue weighted by Crippen LogP contribution is -2.36. The van der Waals surface area contributed by atoms with Crippen LogP contribution in [-0.2, 0) is 21.2 Å².